The Morgan fingerprint density at radius 3 is 1.92 bits per heavy atom. The first-order valence-electron chi connectivity index (χ1n) is 4.59. The maximum atomic E-state index is 9.06. The highest BCUT2D eigenvalue weighted by molar-refractivity contribution is 4.83. The van der Waals surface area contributed by atoms with E-state index in [9.17, 15) is 0 Å². The van der Waals surface area contributed by atoms with Crippen LogP contribution in [-0.4, -0.2) is 42.4 Å². The molecular weight excluding hydrogens is 172 g/mol. The molecule has 0 amide bonds. The zero-order valence-corrected chi connectivity index (χ0v) is 8.25. The van der Waals surface area contributed by atoms with Gasteiger partial charge in [-0.05, 0) is 13.3 Å². The van der Waals surface area contributed by atoms with Crippen LogP contribution in [0.1, 0.15) is 20.3 Å². The SMILES string of the molecule is CCC1(C)OCC(CO)(CO)CO1. The molecular formula is C9H18O4. The van der Waals surface area contributed by atoms with Crippen molar-refractivity contribution < 1.29 is 19.7 Å². The average Bonchev–Trinajstić information content (AvgIpc) is 2.20. The van der Waals surface area contributed by atoms with Crippen LogP contribution in [-0.2, 0) is 9.47 Å². The molecule has 0 atom stereocenters. The van der Waals surface area contributed by atoms with Crippen molar-refractivity contribution in [1.82, 2.24) is 0 Å². The normalized spacial score (nSPS) is 25.8. The lowest BCUT2D eigenvalue weighted by Crippen LogP contribution is -2.51. The molecule has 1 heterocycles. The van der Waals surface area contributed by atoms with Crippen molar-refractivity contribution in [2.45, 2.75) is 26.1 Å². The van der Waals surface area contributed by atoms with E-state index in [1.54, 1.807) is 0 Å². The van der Waals surface area contributed by atoms with Gasteiger partial charge in [0.1, 0.15) is 0 Å². The molecule has 13 heavy (non-hydrogen) atoms. The number of hydrogen-bond donors (Lipinski definition) is 2. The molecule has 1 aliphatic heterocycles. The monoisotopic (exact) mass is 190 g/mol. The summed E-state index contributed by atoms with van der Waals surface area (Å²) in [6.45, 7) is 4.33. The second-order valence-corrected chi connectivity index (χ2v) is 3.88. The minimum atomic E-state index is -0.616. The highest BCUT2D eigenvalue weighted by Crippen LogP contribution is 2.30. The smallest absolute Gasteiger partial charge is 0.165 e. The summed E-state index contributed by atoms with van der Waals surface area (Å²) in [7, 11) is 0. The molecule has 78 valence electrons. The first-order valence-corrected chi connectivity index (χ1v) is 4.59. The Kier molecular flexibility index (Phi) is 3.29. The Labute approximate surface area is 78.5 Å². The summed E-state index contributed by atoms with van der Waals surface area (Å²) in [5, 5.41) is 18.1. The van der Waals surface area contributed by atoms with Gasteiger partial charge in [-0.2, -0.15) is 0 Å². The van der Waals surface area contributed by atoms with Gasteiger partial charge in [-0.3, -0.25) is 0 Å². The Hall–Kier alpha value is -0.160. The summed E-state index contributed by atoms with van der Waals surface area (Å²) in [4.78, 5) is 0. The van der Waals surface area contributed by atoms with Gasteiger partial charge in [0.15, 0.2) is 5.79 Å². The standard InChI is InChI=1S/C9H18O4/c1-3-8(2)12-6-9(4-10,5-11)7-13-8/h10-11H,3-7H2,1-2H3. The molecule has 1 aliphatic rings. The van der Waals surface area contributed by atoms with Crippen LogP contribution in [0.15, 0.2) is 0 Å². The van der Waals surface area contributed by atoms with Gasteiger partial charge in [-0.1, -0.05) is 6.92 Å². The zero-order chi connectivity index (χ0) is 9.95. The minimum absolute atomic E-state index is 0.108. The lowest BCUT2D eigenvalue weighted by Gasteiger charge is -2.42. The predicted molar refractivity (Wildman–Crippen MR) is 47.2 cm³/mol. The van der Waals surface area contributed by atoms with E-state index in [0.29, 0.717) is 13.2 Å². The number of aliphatic hydroxyl groups is 2. The summed E-state index contributed by atoms with van der Waals surface area (Å²) in [6, 6.07) is 0. The molecule has 0 aromatic carbocycles. The second-order valence-electron chi connectivity index (χ2n) is 3.88. The highest BCUT2D eigenvalue weighted by Gasteiger charge is 2.40. The molecule has 1 rings (SSSR count). The van der Waals surface area contributed by atoms with Gasteiger partial charge in [-0.25, -0.2) is 0 Å². The molecule has 0 aromatic rings. The highest BCUT2D eigenvalue weighted by atomic mass is 16.7. The van der Waals surface area contributed by atoms with Crippen LogP contribution in [0, 0.1) is 5.41 Å². The molecule has 0 aromatic heterocycles. The molecule has 2 N–H and O–H groups in total. The van der Waals surface area contributed by atoms with E-state index < -0.39 is 11.2 Å². The quantitative estimate of drug-likeness (QED) is 0.664. The molecule has 0 unspecified atom stereocenters. The maximum Gasteiger partial charge on any atom is 0.165 e. The Balaban J connectivity index is 2.54. The summed E-state index contributed by atoms with van der Waals surface area (Å²) in [6.07, 6.45) is 0.764. The molecule has 0 aliphatic carbocycles. The zero-order valence-electron chi connectivity index (χ0n) is 8.25. The summed E-state index contributed by atoms with van der Waals surface area (Å²) >= 11 is 0. The Morgan fingerprint density at radius 2 is 1.62 bits per heavy atom. The lowest BCUT2D eigenvalue weighted by molar-refractivity contribution is -0.304. The molecule has 1 fully saturated rings. The van der Waals surface area contributed by atoms with Crippen LogP contribution in [0.3, 0.4) is 0 Å². The van der Waals surface area contributed by atoms with Gasteiger partial charge >= 0.3 is 0 Å². The van der Waals surface area contributed by atoms with E-state index in [0.717, 1.165) is 6.42 Å². The van der Waals surface area contributed by atoms with Crippen LogP contribution in [0.2, 0.25) is 0 Å². The third kappa shape index (κ3) is 2.20. The van der Waals surface area contributed by atoms with E-state index in [1.807, 2.05) is 13.8 Å². The molecule has 4 nitrogen and oxygen atoms in total. The largest absolute Gasteiger partial charge is 0.396 e. The van der Waals surface area contributed by atoms with Gasteiger partial charge in [-0.15, -0.1) is 0 Å². The van der Waals surface area contributed by atoms with Crippen molar-refractivity contribution in [3.05, 3.63) is 0 Å². The summed E-state index contributed by atoms with van der Waals surface area (Å²) < 4.78 is 10.9. The second kappa shape index (κ2) is 3.92. The van der Waals surface area contributed by atoms with E-state index in [1.165, 1.54) is 0 Å². The van der Waals surface area contributed by atoms with Crippen LogP contribution in [0.5, 0.6) is 0 Å². The molecule has 1 saturated heterocycles. The van der Waals surface area contributed by atoms with E-state index >= 15 is 0 Å². The fourth-order valence-corrected chi connectivity index (χ4v) is 1.13. The molecule has 0 saturated carbocycles. The fraction of sp³-hybridized carbons (Fsp3) is 1.00. The molecule has 0 spiro atoms. The maximum absolute atomic E-state index is 9.06. The van der Waals surface area contributed by atoms with Gasteiger partial charge in [0, 0.05) is 0 Å². The van der Waals surface area contributed by atoms with Crippen LogP contribution >= 0.6 is 0 Å². The van der Waals surface area contributed by atoms with Gasteiger partial charge < -0.3 is 19.7 Å². The lowest BCUT2D eigenvalue weighted by atomic mass is 9.91. The number of ether oxygens (including phenoxy) is 2. The van der Waals surface area contributed by atoms with Gasteiger partial charge in [0.25, 0.3) is 0 Å². The number of aliphatic hydroxyl groups excluding tert-OH is 2. The van der Waals surface area contributed by atoms with Crippen molar-refractivity contribution >= 4 is 0 Å². The summed E-state index contributed by atoms with van der Waals surface area (Å²) in [5.74, 6) is -0.548. The van der Waals surface area contributed by atoms with Crippen LogP contribution < -0.4 is 0 Å². The van der Waals surface area contributed by atoms with Crippen molar-refractivity contribution in [3.8, 4) is 0 Å². The van der Waals surface area contributed by atoms with Crippen molar-refractivity contribution in [3.63, 3.8) is 0 Å². The molecule has 4 heteroatoms. The third-order valence-corrected chi connectivity index (χ3v) is 2.68. The topological polar surface area (TPSA) is 58.9 Å². The Bertz CT molecular complexity index is 155. The number of hydrogen-bond acceptors (Lipinski definition) is 4. The van der Waals surface area contributed by atoms with Crippen molar-refractivity contribution in [2.24, 2.45) is 5.41 Å². The average molecular weight is 190 g/mol. The molecule has 0 radical (unpaired) electrons. The van der Waals surface area contributed by atoms with E-state index in [-0.39, 0.29) is 13.2 Å². The first-order chi connectivity index (χ1) is 6.10. The van der Waals surface area contributed by atoms with E-state index in [2.05, 4.69) is 0 Å². The van der Waals surface area contributed by atoms with Crippen molar-refractivity contribution in [2.75, 3.05) is 26.4 Å². The van der Waals surface area contributed by atoms with Gasteiger partial charge in [0.05, 0.1) is 31.8 Å². The Morgan fingerprint density at radius 1 is 1.15 bits per heavy atom. The van der Waals surface area contributed by atoms with Gasteiger partial charge in [0.2, 0.25) is 0 Å². The minimum Gasteiger partial charge on any atom is -0.396 e. The summed E-state index contributed by atoms with van der Waals surface area (Å²) in [5.41, 5.74) is -0.616. The molecule has 0 bridgehead atoms. The number of rotatable bonds is 3. The fourth-order valence-electron chi connectivity index (χ4n) is 1.13. The van der Waals surface area contributed by atoms with E-state index in [4.69, 9.17) is 19.7 Å². The van der Waals surface area contributed by atoms with Crippen LogP contribution in [0.25, 0.3) is 0 Å². The van der Waals surface area contributed by atoms with Crippen molar-refractivity contribution in [1.29, 1.82) is 0 Å². The first kappa shape index (κ1) is 10.9. The third-order valence-electron chi connectivity index (χ3n) is 2.68. The van der Waals surface area contributed by atoms with Crippen LogP contribution in [0.4, 0.5) is 0 Å². The predicted octanol–water partition coefficient (Wildman–Crippen LogP) is 0.130.